The summed E-state index contributed by atoms with van der Waals surface area (Å²) in [6.45, 7) is 6.75. The zero-order valence-corrected chi connectivity index (χ0v) is 22.0. The fourth-order valence-corrected chi connectivity index (χ4v) is 9.62. The van der Waals surface area contributed by atoms with Crippen LogP contribution < -0.4 is 0 Å². The Morgan fingerprint density at radius 2 is 1.43 bits per heavy atom. The van der Waals surface area contributed by atoms with Crippen LogP contribution in [0.1, 0.15) is 83.6 Å². The Balaban J connectivity index is 0.000000200. The molecule has 1 nitrogen and oxygen atoms in total. The molecule has 0 heterocycles. The molecule has 0 spiro atoms. The Morgan fingerprint density at radius 1 is 0.929 bits per heavy atom. The molecule has 5 heteroatoms. The van der Waals surface area contributed by atoms with Crippen LogP contribution in [-0.4, -0.2) is 33.4 Å². The van der Waals surface area contributed by atoms with Gasteiger partial charge in [-0.2, -0.15) is 0 Å². The van der Waals surface area contributed by atoms with Crippen LogP contribution in [0.15, 0.2) is 24.3 Å². The molecule has 0 atom stereocenters. The van der Waals surface area contributed by atoms with Crippen LogP contribution in [0.25, 0.3) is 0 Å². The minimum absolute atomic E-state index is 0.00912. The van der Waals surface area contributed by atoms with E-state index in [4.69, 9.17) is 19.4 Å². The van der Waals surface area contributed by atoms with E-state index in [2.05, 4.69) is 11.4 Å². The molecule has 0 radical (unpaired) electrons. The number of aliphatic hydroxyl groups is 1. The summed E-state index contributed by atoms with van der Waals surface area (Å²) in [5.74, 6) is 0.975. The van der Waals surface area contributed by atoms with Crippen molar-refractivity contribution >= 4 is 31.9 Å². The van der Waals surface area contributed by atoms with Crippen LogP contribution >= 0.6 is 27.3 Å². The van der Waals surface area contributed by atoms with Crippen molar-refractivity contribution in [3.63, 3.8) is 0 Å². The summed E-state index contributed by atoms with van der Waals surface area (Å²) in [4.78, 5) is 0. The molecule has 0 aliphatic heterocycles. The molecular weight excluding hydrogens is 495 g/mol. The predicted octanol–water partition coefficient (Wildman–Crippen LogP) is 7.91. The third kappa shape index (κ3) is 9.12. The van der Waals surface area contributed by atoms with Gasteiger partial charge in [0.15, 0.2) is 0 Å². The minimum Gasteiger partial charge on any atom is -0.0530 e. The molecule has 2 saturated carbocycles. The Bertz CT molecular complexity index is 574. The molecular formula is C23H39Cl2OPRu+2. The van der Waals surface area contributed by atoms with E-state index < -0.39 is 13.5 Å². The summed E-state index contributed by atoms with van der Waals surface area (Å²) in [5.41, 5.74) is 3.43. The van der Waals surface area contributed by atoms with Crippen molar-refractivity contribution in [3.05, 3.63) is 29.8 Å². The first-order valence-corrected chi connectivity index (χ1v) is 18.6. The van der Waals surface area contributed by atoms with Crippen LogP contribution in [-0.2, 0) is 13.5 Å². The van der Waals surface area contributed by atoms with E-state index in [0.29, 0.717) is 0 Å². The first kappa shape index (κ1) is 24.8. The van der Waals surface area contributed by atoms with E-state index in [1.165, 1.54) is 24.2 Å². The molecule has 3 rings (SSSR count). The van der Waals surface area contributed by atoms with Gasteiger partial charge >= 0.3 is 97.8 Å². The van der Waals surface area contributed by atoms with Gasteiger partial charge in [-0.05, 0) is 51.4 Å². The molecule has 2 aliphatic rings. The van der Waals surface area contributed by atoms with E-state index >= 15 is 0 Å². The van der Waals surface area contributed by atoms with Crippen molar-refractivity contribution in [2.45, 2.75) is 95.5 Å². The molecule has 162 valence electrons. The molecule has 1 aromatic carbocycles. The van der Waals surface area contributed by atoms with Crippen molar-refractivity contribution in [2.24, 2.45) is 0 Å². The molecule has 1 N–H and O–H groups in total. The van der Waals surface area contributed by atoms with Gasteiger partial charge in [0.25, 0.3) is 0 Å². The largest absolute Gasteiger partial charge is 0.0675 e. The van der Waals surface area contributed by atoms with Crippen LogP contribution in [0.5, 0.6) is 5.75 Å². The molecule has 0 saturated heterocycles. The van der Waals surface area contributed by atoms with Crippen molar-refractivity contribution in [1.82, 2.24) is 0 Å². The van der Waals surface area contributed by atoms with E-state index in [9.17, 15) is 0 Å². The van der Waals surface area contributed by atoms with E-state index in [-0.39, 0.29) is 14.0 Å². The third-order valence-corrected chi connectivity index (χ3v) is 11.6. The second-order valence-corrected chi connectivity index (χ2v) is 17.3. The second-order valence-electron chi connectivity index (χ2n) is 8.50. The molecule has 1 aromatic rings. The Kier molecular flexibility index (Phi) is 12.2. The van der Waals surface area contributed by atoms with Gasteiger partial charge in [0, 0.05) is 14.6 Å². The first-order chi connectivity index (χ1) is 13.5. The number of para-hydroxylation sites is 1. The van der Waals surface area contributed by atoms with Gasteiger partial charge in [-0.15, -0.1) is 0 Å². The van der Waals surface area contributed by atoms with E-state index in [0.717, 1.165) is 11.3 Å². The van der Waals surface area contributed by atoms with Gasteiger partial charge in [-0.1, -0.05) is 12.8 Å². The third-order valence-electron chi connectivity index (χ3n) is 6.02. The Hall–Kier alpha value is 0.523. The van der Waals surface area contributed by atoms with Crippen molar-refractivity contribution in [2.75, 3.05) is 6.66 Å². The quantitative estimate of drug-likeness (QED) is 0.207. The number of hydrogen-bond acceptors (Lipinski definition) is 0. The molecule has 0 unspecified atom stereocenters. The summed E-state index contributed by atoms with van der Waals surface area (Å²) in [7, 11) is 11.7. The molecule has 28 heavy (non-hydrogen) atoms. The fourth-order valence-electron chi connectivity index (χ4n) is 4.50. The summed E-state index contributed by atoms with van der Waals surface area (Å²) in [6, 6.07) is 7.92. The van der Waals surface area contributed by atoms with Crippen LogP contribution in [0.2, 0.25) is 0 Å². The average Bonchev–Trinajstić information content (AvgIpc) is 2.70. The number of halogens is 2. The smallest absolute Gasteiger partial charge is 0.0530 e. The van der Waals surface area contributed by atoms with Gasteiger partial charge in [-0.3, -0.25) is 0 Å². The number of rotatable bonds is 5. The second kappa shape index (κ2) is 13.8. The van der Waals surface area contributed by atoms with Gasteiger partial charge < -0.3 is 0 Å². The number of benzene rings is 1. The standard InChI is InChI=1S/C13H25P.C10H12O.2ClH.Ru/c1-14(12-8-4-2-5-9-12)13-10-6-3-7-11-13;1-8(2)11-10-7-5-4-6-9(10)3;;;/h12-13H,2-11H2,1H3;3-8H,1-2H3;2*1H;/q;;;;+2. The normalized spacial score (nSPS) is 19.2. The van der Waals surface area contributed by atoms with Crippen molar-refractivity contribution in [3.8, 4) is 5.75 Å². The summed E-state index contributed by atoms with van der Waals surface area (Å²) in [5, 5.41) is 0. The minimum atomic E-state index is -1.75. The summed E-state index contributed by atoms with van der Waals surface area (Å²) < 4.78 is 6.41. The first-order valence-electron chi connectivity index (χ1n) is 10.9. The van der Waals surface area contributed by atoms with Crippen LogP contribution in [0, 0.1) is 0 Å². The number of ether oxygens (including phenoxy) is 1. The number of hydrogen-bond donors (Lipinski definition) is 0. The van der Waals surface area contributed by atoms with Crippen LogP contribution in [0.3, 0.4) is 0 Å². The molecule has 0 amide bonds. The molecule has 0 aromatic heterocycles. The Labute approximate surface area is 187 Å². The maximum absolute atomic E-state index is 5.83. The van der Waals surface area contributed by atoms with E-state index in [1.807, 2.05) is 42.7 Å². The van der Waals surface area contributed by atoms with Crippen molar-refractivity contribution in [1.29, 1.82) is 0 Å². The van der Waals surface area contributed by atoms with Crippen molar-refractivity contribution < 1.29 is 18.3 Å². The van der Waals surface area contributed by atoms with Gasteiger partial charge in [-0.25, -0.2) is 0 Å². The summed E-state index contributed by atoms with van der Waals surface area (Å²) >= 11 is -1.75. The number of aromatic hydroxyl groups is 1. The molecule has 2 fully saturated rings. The SMILES string of the molecule is CC(C)[OH+]c1ccccc1[CH]=[Ru]([Cl])[Cl].C[PH+](C1CCCCC1)C1CCCCC1. The zero-order valence-electron chi connectivity index (χ0n) is 17.7. The fraction of sp³-hybridized carbons (Fsp3) is 0.696. The Morgan fingerprint density at radius 3 is 1.89 bits per heavy atom. The molecule has 2 aliphatic carbocycles. The van der Waals surface area contributed by atoms with Gasteiger partial charge in [0.05, 0.1) is 11.3 Å². The van der Waals surface area contributed by atoms with Gasteiger partial charge in [0.2, 0.25) is 0 Å². The monoisotopic (exact) mass is 534 g/mol. The maximum Gasteiger partial charge on any atom is 0.0675 e. The average molecular weight is 535 g/mol. The van der Waals surface area contributed by atoms with E-state index in [1.54, 1.807) is 51.4 Å². The molecule has 0 bridgehead atoms. The summed E-state index contributed by atoms with van der Waals surface area (Å²) in [6.07, 6.45) is 15.8. The van der Waals surface area contributed by atoms with Gasteiger partial charge in [0.1, 0.15) is 0 Å². The van der Waals surface area contributed by atoms with Crippen LogP contribution in [0.4, 0.5) is 0 Å². The predicted molar refractivity (Wildman–Crippen MR) is 128 cm³/mol. The maximum atomic E-state index is 5.83. The topological polar surface area (TPSA) is 12.8 Å². The zero-order chi connectivity index (χ0) is 20.4.